The largest absolute Gasteiger partial charge is 0.508 e. The Morgan fingerprint density at radius 3 is 2.74 bits per heavy atom. The molecule has 0 bridgehead atoms. The van der Waals surface area contributed by atoms with E-state index >= 15 is 0 Å². The summed E-state index contributed by atoms with van der Waals surface area (Å²) in [5.74, 6) is 0.735. The fraction of sp³-hybridized carbons (Fsp3) is 0.438. The van der Waals surface area contributed by atoms with Gasteiger partial charge in [0.05, 0.1) is 0 Å². The molecule has 1 aromatic heterocycles. The molecule has 0 aliphatic rings. The van der Waals surface area contributed by atoms with E-state index in [2.05, 4.69) is 40.8 Å². The van der Waals surface area contributed by atoms with E-state index in [4.69, 9.17) is 0 Å². The second-order valence-electron chi connectivity index (χ2n) is 6.26. The van der Waals surface area contributed by atoms with Crippen molar-refractivity contribution in [2.45, 2.75) is 32.6 Å². The second-order valence-corrected chi connectivity index (χ2v) is 7.01. The van der Waals surface area contributed by atoms with E-state index in [1.54, 1.807) is 12.1 Å². The van der Waals surface area contributed by atoms with Crippen LogP contribution in [0, 0.1) is 0 Å². The van der Waals surface area contributed by atoms with Gasteiger partial charge in [-0.05, 0) is 24.6 Å². The summed E-state index contributed by atoms with van der Waals surface area (Å²) in [7, 11) is 0. The topological polar surface area (TPSA) is 87.1 Å². The molecule has 6 nitrogen and oxygen atoms in total. The highest BCUT2D eigenvalue weighted by Gasteiger charge is 2.19. The normalized spacial score (nSPS) is 11.3. The smallest absolute Gasteiger partial charge is 0.251 e. The molecule has 0 radical (unpaired) electrons. The van der Waals surface area contributed by atoms with Gasteiger partial charge < -0.3 is 15.7 Å². The Morgan fingerprint density at radius 1 is 1.30 bits per heavy atom. The molecule has 124 valence electrons. The number of phenolic OH excluding ortho intramolecular Hbond substituents is 1. The van der Waals surface area contributed by atoms with Crippen molar-refractivity contribution in [2.75, 3.05) is 18.4 Å². The highest BCUT2D eigenvalue weighted by Crippen LogP contribution is 2.22. The highest BCUT2D eigenvalue weighted by atomic mass is 32.1. The molecule has 2 aromatic rings. The first-order valence-corrected chi connectivity index (χ1v) is 8.29. The van der Waals surface area contributed by atoms with Crippen LogP contribution in [0.2, 0.25) is 0 Å². The quantitative estimate of drug-likeness (QED) is 0.707. The molecule has 0 saturated heterocycles. The molecule has 1 aromatic carbocycles. The number of nitrogens with one attached hydrogen (secondary N) is 2. The summed E-state index contributed by atoms with van der Waals surface area (Å²) in [4.78, 5) is 16.3. The van der Waals surface area contributed by atoms with E-state index in [1.165, 1.54) is 23.7 Å². The molecular weight excluding hydrogens is 312 g/mol. The predicted molar refractivity (Wildman–Crippen MR) is 92.2 cm³/mol. The number of carbonyl (C=O) groups is 1. The molecule has 1 amide bonds. The van der Waals surface area contributed by atoms with Gasteiger partial charge in [-0.25, -0.2) is 4.98 Å². The van der Waals surface area contributed by atoms with Gasteiger partial charge in [0.2, 0.25) is 5.13 Å². The summed E-state index contributed by atoms with van der Waals surface area (Å²) in [6.07, 6.45) is 0.773. The first-order chi connectivity index (χ1) is 10.9. The number of carbonyl (C=O) groups excluding carboxylic acids is 1. The van der Waals surface area contributed by atoms with Crippen molar-refractivity contribution >= 4 is 22.6 Å². The Kier molecular flexibility index (Phi) is 5.54. The molecule has 2 rings (SSSR count). The lowest BCUT2D eigenvalue weighted by Gasteiger charge is -2.12. The number of aromatic nitrogens is 2. The average molecular weight is 334 g/mol. The Labute approximate surface area is 140 Å². The van der Waals surface area contributed by atoms with Crippen LogP contribution < -0.4 is 10.6 Å². The standard InChI is InChI=1S/C16H22N4O2S/c1-16(2,3)14-19-15(23-20-14)18-9-5-8-17-13(22)11-6-4-7-12(21)10-11/h4,6-7,10,21H,5,8-9H2,1-3H3,(H,17,22)(H,18,19,20). The second kappa shape index (κ2) is 7.41. The number of hydrogen-bond acceptors (Lipinski definition) is 6. The zero-order valence-corrected chi connectivity index (χ0v) is 14.4. The van der Waals surface area contributed by atoms with Crippen LogP contribution >= 0.6 is 11.5 Å². The van der Waals surface area contributed by atoms with E-state index in [0.717, 1.165) is 17.4 Å². The molecule has 0 aliphatic heterocycles. The number of benzene rings is 1. The number of aromatic hydroxyl groups is 1. The molecule has 0 unspecified atom stereocenters. The molecular formula is C16H22N4O2S. The van der Waals surface area contributed by atoms with Gasteiger partial charge in [-0.2, -0.15) is 4.37 Å². The van der Waals surface area contributed by atoms with E-state index in [1.807, 2.05) is 0 Å². The lowest BCUT2D eigenvalue weighted by Crippen LogP contribution is -2.25. The number of phenols is 1. The van der Waals surface area contributed by atoms with Crippen LogP contribution in [0.25, 0.3) is 0 Å². The predicted octanol–water partition coefficient (Wildman–Crippen LogP) is 2.77. The molecule has 7 heteroatoms. The lowest BCUT2D eigenvalue weighted by molar-refractivity contribution is 0.0953. The maximum Gasteiger partial charge on any atom is 0.251 e. The molecule has 0 saturated carbocycles. The average Bonchev–Trinajstić information content (AvgIpc) is 2.95. The summed E-state index contributed by atoms with van der Waals surface area (Å²) in [6, 6.07) is 6.30. The minimum absolute atomic E-state index is 0.0500. The lowest BCUT2D eigenvalue weighted by atomic mass is 9.96. The summed E-state index contributed by atoms with van der Waals surface area (Å²) in [5.41, 5.74) is 0.406. The molecule has 3 N–H and O–H groups in total. The Bertz CT molecular complexity index is 664. The van der Waals surface area contributed by atoms with E-state index in [9.17, 15) is 9.90 Å². The van der Waals surface area contributed by atoms with Crippen LogP contribution in [0.15, 0.2) is 24.3 Å². The van der Waals surface area contributed by atoms with Crippen molar-refractivity contribution in [3.05, 3.63) is 35.7 Å². The highest BCUT2D eigenvalue weighted by molar-refractivity contribution is 7.09. The SMILES string of the molecule is CC(C)(C)c1nsc(NCCCNC(=O)c2cccc(O)c2)n1. The van der Waals surface area contributed by atoms with Gasteiger partial charge in [0.1, 0.15) is 11.6 Å². The first kappa shape index (κ1) is 17.2. The fourth-order valence-electron chi connectivity index (χ4n) is 1.83. The van der Waals surface area contributed by atoms with Crippen molar-refractivity contribution in [3.8, 4) is 5.75 Å². The van der Waals surface area contributed by atoms with Crippen LogP contribution in [0.4, 0.5) is 5.13 Å². The van der Waals surface area contributed by atoms with E-state index in [0.29, 0.717) is 18.7 Å². The van der Waals surface area contributed by atoms with E-state index < -0.39 is 0 Å². The summed E-state index contributed by atoms with van der Waals surface area (Å²) < 4.78 is 4.34. The van der Waals surface area contributed by atoms with Crippen LogP contribution in [-0.2, 0) is 5.41 Å². The van der Waals surface area contributed by atoms with Crippen molar-refractivity contribution in [1.29, 1.82) is 0 Å². The number of hydrogen-bond donors (Lipinski definition) is 3. The molecule has 0 fully saturated rings. The Hall–Kier alpha value is -2.15. The number of anilines is 1. The van der Waals surface area contributed by atoms with Crippen LogP contribution in [0.5, 0.6) is 5.75 Å². The Balaban J connectivity index is 1.70. The van der Waals surface area contributed by atoms with Gasteiger partial charge in [-0.1, -0.05) is 26.8 Å². The van der Waals surface area contributed by atoms with Gasteiger partial charge >= 0.3 is 0 Å². The van der Waals surface area contributed by atoms with E-state index in [-0.39, 0.29) is 17.1 Å². The van der Waals surface area contributed by atoms with Crippen LogP contribution in [0.3, 0.4) is 0 Å². The van der Waals surface area contributed by atoms with Gasteiger partial charge in [-0.15, -0.1) is 0 Å². The number of amides is 1. The molecule has 0 atom stereocenters. The third-order valence-electron chi connectivity index (χ3n) is 3.12. The van der Waals surface area contributed by atoms with Crippen LogP contribution in [-0.4, -0.2) is 33.5 Å². The number of nitrogens with zero attached hydrogens (tertiary/aromatic N) is 2. The zero-order valence-electron chi connectivity index (χ0n) is 13.6. The molecule has 0 spiro atoms. The van der Waals surface area contributed by atoms with Gasteiger partial charge in [0.25, 0.3) is 5.91 Å². The molecule has 23 heavy (non-hydrogen) atoms. The minimum Gasteiger partial charge on any atom is -0.508 e. The molecule has 0 aliphatic carbocycles. The van der Waals surface area contributed by atoms with Crippen LogP contribution in [0.1, 0.15) is 43.4 Å². The van der Waals surface area contributed by atoms with Crippen molar-refractivity contribution in [3.63, 3.8) is 0 Å². The Morgan fingerprint density at radius 2 is 2.09 bits per heavy atom. The molecule has 1 heterocycles. The third kappa shape index (κ3) is 5.21. The van der Waals surface area contributed by atoms with Gasteiger partial charge in [-0.3, -0.25) is 4.79 Å². The maximum absolute atomic E-state index is 11.9. The van der Waals surface area contributed by atoms with Gasteiger partial charge in [0.15, 0.2) is 0 Å². The summed E-state index contributed by atoms with van der Waals surface area (Å²) >= 11 is 1.35. The van der Waals surface area contributed by atoms with Crippen molar-refractivity contribution in [1.82, 2.24) is 14.7 Å². The minimum atomic E-state index is -0.188. The van der Waals surface area contributed by atoms with Gasteiger partial charge in [0, 0.05) is 35.6 Å². The summed E-state index contributed by atoms with van der Waals surface area (Å²) in [6.45, 7) is 7.49. The summed E-state index contributed by atoms with van der Waals surface area (Å²) in [5, 5.41) is 16.2. The number of rotatable bonds is 6. The zero-order chi connectivity index (χ0) is 16.9. The van der Waals surface area contributed by atoms with Crippen molar-refractivity contribution < 1.29 is 9.90 Å². The first-order valence-electron chi connectivity index (χ1n) is 7.51. The monoisotopic (exact) mass is 334 g/mol. The fourth-order valence-corrected chi connectivity index (χ4v) is 2.62. The maximum atomic E-state index is 11.9. The third-order valence-corrected chi connectivity index (χ3v) is 3.79. The van der Waals surface area contributed by atoms with Crippen molar-refractivity contribution in [2.24, 2.45) is 0 Å².